The highest BCUT2D eigenvalue weighted by molar-refractivity contribution is 5.87. The highest BCUT2D eigenvalue weighted by Crippen LogP contribution is 2.18. The molecule has 1 aliphatic heterocycles. The lowest BCUT2D eigenvalue weighted by Gasteiger charge is -2.41. The third-order valence-electron chi connectivity index (χ3n) is 3.39. The van der Waals surface area contributed by atoms with Crippen LogP contribution in [-0.4, -0.2) is 70.8 Å². The Labute approximate surface area is 156 Å². The van der Waals surface area contributed by atoms with Crippen LogP contribution in [0.4, 0.5) is 9.59 Å². The Hall–Kier alpha value is -1.99. The SMILES string of the molecule is CC(C)NC(=O)[C@H]1CN(C(=O)OC(C)(C)C)CCN1C(=O)OC(C)(C)C. The van der Waals surface area contributed by atoms with Gasteiger partial charge in [-0.1, -0.05) is 0 Å². The molecule has 0 aromatic heterocycles. The minimum atomic E-state index is -0.825. The van der Waals surface area contributed by atoms with E-state index in [9.17, 15) is 14.4 Å². The predicted molar refractivity (Wildman–Crippen MR) is 97.8 cm³/mol. The maximum atomic E-state index is 12.6. The molecule has 0 aromatic rings. The first-order valence-electron chi connectivity index (χ1n) is 8.97. The number of nitrogens with one attached hydrogen (secondary N) is 1. The van der Waals surface area contributed by atoms with Crippen LogP contribution in [0.1, 0.15) is 55.4 Å². The van der Waals surface area contributed by atoms with Crippen LogP contribution in [0, 0.1) is 0 Å². The Morgan fingerprint density at radius 2 is 1.42 bits per heavy atom. The maximum absolute atomic E-state index is 12.6. The van der Waals surface area contributed by atoms with Crippen LogP contribution in [0.15, 0.2) is 0 Å². The van der Waals surface area contributed by atoms with Crippen LogP contribution in [0.3, 0.4) is 0 Å². The molecule has 0 bridgehead atoms. The van der Waals surface area contributed by atoms with Crippen molar-refractivity contribution in [1.82, 2.24) is 15.1 Å². The number of carbonyl (C=O) groups excluding carboxylic acids is 3. The van der Waals surface area contributed by atoms with E-state index in [1.54, 1.807) is 41.5 Å². The van der Waals surface area contributed by atoms with Crippen molar-refractivity contribution in [3.05, 3.63) is 0 Å². The maximum Gasteiger partial charge on any atom is 0.411 e. The summed E-state index contributed by atoms with van der Waals surface area (Å²) in [5.74, 6) is -0.320. The minimum absolute atomic E-state index is 0.0622. The molecule has 1 heterocycles. The van der Waals surface area contributed by atoms with Crippen LogP contribution < -0.4 is 5.32 Å². The Kier molecular flexibility index (Phi) is 6.90. The smallest absolute Gasteiger partial charge is 0.411 e. The molecule has 8 nitrogen and oxygen atoms in total. The molecule has 1 rings (SSSR count). The summed E-state index contributed by atoms with van der Waals surface area (Å²) in [6, 6.07) is -0.909. The summed E-state index contributed by atoms with van der Waals surface area (Å²) >= 11 is 0. The lowest BCUT2D eigenvalue weighted by Crippen LogP contribution is -2.62. The molecule has 1 fully saturated rings. The van der Waals surface area contributed by atoms with Gasteiger partial charge in [0.05, 0.1) is 6.54 Å². The molecule has 8 heteroatoms. The van der Waals surface area contributed by atoms with Crippen molar-refractivity contribution in [2.45, 2.75) is 78.7 Å². The Morgan fingerprint density at radius 3 is 1.88 bits per heavy atom. The number of carbonyl (C=O) groups is 3. The highest BCUT2D eigenvalue weighted by Gasteiger charge is 2.40. The predicted octanol–water partition coefficient (Wildman–Crippen LogP) is 2.37. The summed E-state index contributed by atoms with van der Waals surface area (Å²) in [6.07, 6.45) is -1.06. The van der Waals surface area contributed by atoms with Gasteiger partial charge >= 0.3 is 12.2 Å². The molecule has 1 atom stereocenters. The molecular weight excluding hydrogens is 338 g/mol. The fourth-order valence-corrected chi connectivity index (χ4v) is 2.42. The molecule has 0 spiro atoms. The van der Waals surface area contributed by atoms with E-state index in [1.807, 2.05) is 13.8 Å². The molecule has 150 valence electrons. The number of rotatable bonds is 2. The molecule has 0 saturated carbocycles. The Balaban J connectivity index is 2.95. The van der Waals surface area contributed by atoms with E-state index in [0.29, 0.717) is 0 Å². The van der Waals surface area contributed by atoms with Gasteiger partial charge in [-0.2, -0.15) is 0 Å². The van der Waals surface area contributed by atoms with Gasteiger partial charge in [-0.25, -0.2) is 9.59 Å². The van der Waals surface area contributed by atoms with E-state index < -0.39 is 29.4 Å². The quantitative estimate of drug-likeness (QED) is 0.805. The average Bonchev–Trinajstić information content (AvgIpc) is 2.42. The van der Waals surface area contributed by atoms with Gasteiger partial charge in [-0.05, 0) is 55.4 Å². The first-order valence-corrected chi connectivity index (χ1v) is 8.97. The van der Waals surface area contributed by atoms with E-state index in [0.717, 1.165) is 0 Å². The van der Waals surface area contributed by atoms with Crippen molar-refractivity contribution >= 4 is 18.1 Å². The van der Waals surface area contributed by atoms with Crippen molar-refractivity contribution < 1.29 is 23.9 Å². The van der Waals surface area contributed by atoms with Crippen molar-refractivity contribution in [3.8, 4) is 0 Å². The second-order valence-electron chi connectivity index (χ2n) is 8.78. The van der Waals surface area contributed by atoms with Crippen LogP contribution in [-0.2, 0) is 14.3 Å². The topological polar surface area (TPSA) is 88.2 Å². The van der Waals surface area contributed by atoms with Gasteiger partial charge in [-0.3, -0.25) is 9.69 Å². The Morgan fingerprint density at radius 1 is 0.923 bits per heavy atom. The number of amides is 3. The van der Waals surface area contributed by atoms with Crippen molar-refractivity contribution in [2.24, 2.45) is 0 Å². The first kappa shape index (κ1) is 22.1. The van der Waals surface area contributed by atoms with Gasteiger partial charge in [0.15, 0.2) is 0 Å². The standard InChI is InChI=1S/C18H33N3O5/c1-12(2)19-14(22)13-11-20(15(23)25-17(3,4)5)9-10-21(13)16(24)26-18(6,7)8/h12-13H,9-11H2,1-8H3,(H,19,22)/t13-/m1/s1. The third-order valence-corrected chi connectivity index (χ3v) is 3.39. The van der Waals surface area contributed by atoms with E-state index in [1.165, 1.54) is 9.80 Å². The number of piperazine rings is 1. The number of hydrogen-bond acceptors (Lipinski definition) is 5. The fourth-order valence-electron chi connectivity index (χ4n) is 2.42. The van der Waals surface area contributed by atoms with E-state index in [-0.39, 0.29) is 31.6 Å². The molecule has 1 saturated heterocycles. The average molecular weight is 371 g/mol. The van der Waals surface area contributed by atoms with Crippen LogP contribution in [0.2, 0.25) is 0 Å². The molecule has 26 heavy (non-hydrogen) atoms. The molecule has 1 aliphatic rings. The Bertz CT molecular complexity index is 534. The lowest BCUT2D eigenvalue weighted by molar-refractivity contribution is -0.129. The summed E-state index contributed by atoms with van der Waals surface area (Å²) in [6.45, 7) is 14.9. The molecule has 3 amide bonds. The second-order valence-corrected chi connectivity index (χ2v) is 8.78. The number of hydrogen-bond donors (Lipinski definition) is 1. The van der Waals surface area contributed by atoms with Crippen molar-refractivity contribution in [1.29, 1.82) is 0 Å². The van der Waals surface area contributed by atoms with Gasteiger partial charge in [0.1, 0.15) is 17.2 Å². The van der Waals surface area contributed by atoms with Gasteiger partial charge < -0.3 is 19.7 Å². The fraction of sp³-hybridized carbons (Fsp3) is 0.833. The zero-order valence-electron chi connectivity index (χ0n) is 17.2. The van der Waals surface area contributed by atoms with Crippen molar-refractivity contribution in [2.75, 3.05) is 19.6 Å². The van der Waals surface area contributed by atoms with Crippen LogP contribution in [0.5, 0.6) is 0 Å². The zero-order valence-corrected chi connectivity index (χ0v) is 17.2. The first-order chi connectivity index (χ1) is 11.7. The molecule has 0 aromatic carbocycles. The van der Waals surface area contributed by atoms with Gasteiger partial charge in [0, 0.05) is 19.1 Å². The summed E-state index contributed by atoms with van der Waals surface area (Å²) in [7, 11) is 0. The molecule has 1 N–H and O–H groups in total. The van der Waals surface area contributed by atoms with E-state index >= 15 is 0 Å². The summed E-state index contributed by atoms with van der Waals surface area (Å²) in [4.78, 5) is 40.3. The largest absolute Gasteiger partial charge is 0.444 e. The van der Waals surface area contributed by atoms with Gasteiger partial charge in [0.2, 0.25) is 5.91 Å². The van der Waals surface area contributed by atoms with Crippen LogP contribution >= 0.6 is 0 Å². The van der Waals surface area contributed by atoms with Gasteiger partial charge in [-0.15, -0.1) is 0 Å². The summed E-state index contributed by atoms with van der Waals surface area (Å²) in [5.41, 5.74) is -1.30. The second kappa shape index (κ2) is 8.14. The monoisotopic (exact) mass is 371 g/mol. The highest BCUT2D eigenvalue weighted by atomic mass is 16.6. The van der Waals surface area contributed by atoms with Gasteiger partial charge in [0.25, 0.3) is 0 Å². The third kappa shape index (κ3) is 7.09. The molecule has 0 aliphatic carbocycles. The van der Waals surface area contributed by atoms with Crippen LogP contribution in [0.25, 0.3) is 0 Å². The zero-order chi connectivity index (χ0) is 20.3. The number of nitrogens with zero attached hydrogens (tertiary/aromatic N) is 2. The lowest BCUT2D eigenvalue weighted by atomic mass is 10.1. The molecular formula is C18H33N3O5. The summed E-state index contributed by atoms with van der Waals surface area (Å²) in [5, 5.41) is 2.80. The molecule has 0 unspecified atom stereocenters. The van der Waals surface area contributed by atoms with E-state index in [4.69, 9.17) is 9.47 Å². The summed E-state index contributed by atoms with van der Waals surface area (Å²) < 4.78 is 10.8. The van der Waals surface area contributed by atoms with E-state index in [2.05, 4.69) is 5.32 Å². The minimum Gasteiger partial charge on any atom is -0.444 e. The number of ether oxygens (including phenoxy) is 2. The molecule has 0 radical (unpaired) electrons. The normalized spacial score (nSPS) is 18.6. The van der Waals surface area contributed by atoms with Crippen molar-refractivity contribution in [3.63, 3.8) is 0 Å².